The van der Waals surface area contributed by atoms with E-state index in [0.29, 0.717) is 11.6 Å². The molecule has 2 aliphatic rings. The highest BCUT2D eigenvalue weighted by Gasteiger charge is 2.29. The van der Waals surface area contributed by atoms with Gasteiger partial charge in [-0.05, 0) is 42.5 Å². The normalized spacial score (nSPS) is 19.9. The Labute approximate surface area is 169 Å². The van der Waals surface area contributed by atoms with Crippen molar-refractivity contribution in [2.45, 2.75) is 6.29 Å². The fourth-order valence-corrected chi connectivity index (χ4v) is 3.54. The maximum Gasteiger partial charge on any atom is 0.184 e. The maximum atomic E-state index is 12.3. The summed E-state index contributed by atoms with van der Waals surface area (Å²) in [6, 6.07) is 13.6. The molecule has 1 unspecified atom stereocenters. The molecule has 1 aromatic carbocycles. The van der Waals surface area contributed by atoms with E-state index in [1.165, 1.54) is 0 Å². The topological polar surface area (TPSA) is 70.2 Å². The van der Waals surface area contributed by atoms with Gasteiger partial charge in [0, 0.05) is 44.3 Å². The van der Waals surface area contributed by atoms with E-state index in [4.69, 9.17) is 10.5 Å². The first-order valence-electron chi connectivity index (χ1n) is 9.73. The lowest BCUT2D eigenvalue weighted by molar-refractivity contribution is 0.191. The third-order valence-electron chi connectivity index (χ3n) is 5.01. The lowest BCUT2D eigenvalue weighted by Crippen LogP contribution is -2.55. The van der Waals surface area contributed by atoms with Gasteiger partial charge in [-0.15, -0.1) is 0 Å². The number of hydrogen-bond acceptors (Lipinski definition) is 7. The highest BCUT2D eigenvalue weighted by molar-refractivity contribution is 5.93. The number of pyridine rings is 1. The lowest BCUT2D eigenvalue weighted by atomic mass is 10.2. The van der Waals surface area contributed by atoms with Crippen LogP contribution in [-0.4, -0.2) is 61.5 Å². The summed E-state index contributed by atoms with van der Waals surface area (Å²) in [5.41, 5.74) is 6.98. The van der Waals surface area contributed by atoms with Crippen molar-refractivity contribution >= 4 is 17.3 Å². The van der Waals surface area contributed by atoms with Crippen LogP contribution < -0.4 is 20.3 Å². The molecule has 29 heavy (non-hydrogen) atoms. The minimum atomic E-state index is -0.503. The number of alkyl halides is 1. The van der Waals surface area contributed by atoms with Crippen LogP contribution in [0.1, 0.15) is 0 Å². The molecule has 0 saturated carbocycles. The average Bonchev–Trinajstić information content (AvgIpc) is 2.79. The van der Waals surface area contributed by atoms with Crippen molar-refractivity contribution in [1.29, 1.82) is 0 Å². The van der Waals surface area contributed by atoms with Crippen LogP contribution in [0.15, 0.2) is 65.9 Å². The Kier molecular flexibility index (Phi) is 5.90. The van der Waals surface area contributed by atoms with Crippen LogP contribution in [0.25, 0.3) is 0 Å². The van der Waals surface area contributed by atoms with Crippen molar-refractivity contribution in [3.63, 3.8) is 0 Å². The highest BCUT2D eigenvalue weighted by atomic mass is 19.1. The predicted molar refractivity (Wildman–Crippen MR) is 113 cm³/mol. The number of aliphatic imine (C=N–C) groups is 1. The summed E-state index contributed by atoms with van der Waals surface area (Å²) in [6.07, 6.45) is 5.37. The van der Waals surface area contributed by atoms with Crippen LogP contribution in [0.3, 0.4) is 0 Å². The number of amidine groups is 1. The molecule has 1 atom stereocenters. The quantitative estimate of drug-likeness (QED) is 0.808. The van der Waals surface area contributed by atoms with E-state index in [9.17, 15) is 4.39 Å². The molecule has 0 bridgehead atoms. The monoisotopic (exact) mass is 396 g/mol. The minimum Gasteiger partial charge on any atom is -0.491 e. The van der Waals surface area contributed by atoms with Crippen LogP contribution in [-0.2, 0) is 0 Å². The Hall–Kier alpha value is -3.13. The smallest absolute Gasteiger partial charge is 0.184 e. The van der Waals surface area contributed by atoms with Crippen LogP contribution in [0.2, 0.25) is 0 Å². The molecule has 7 nitrogen and oxygen atoms in total. The molecule has 0 radical (unpaired) electrons. The molecule has 0 amide bonds. The van der Waals surface area contributed by atoms with Gasteiger partial charge in [0.05, 0.1) is 0 Å². The number of ether oxygens (including phenoxy) is 1. The third kappa shape index (κ3) is 4.48. The van der Waals surface area contributed by atoms with E-state index < -0.39 is 6.67 Å². The number of nitrogens with zero attached hydrogens (tertiary/aromatic N) is 5. The second kappa shape index (κ2) is 8.91. The Morgan fingerprint density at radius 2 is 1.86 bits per heavy atom. The summed E-state index contributed by atoms with van der Waals surface area (Å²) in [5, 5.41) is 0. The van der Waals surface area contributed by atoms with Crippen LogP contribution in [0.4, 0.5) is 15.9 Å². The van der Waals surface area contributed by atoms with Crippen molar-refractivity contribution in [2.24, 2.45) is 10.7 Å². The zero-order valence-corrected chi connectivity index (χ0v) is 16.2. The van der Waals surface area contributed by atoms with Crippen molar-refractivity contribution in [2.75, 3.05) is 49.3 Å². The molecule has 2 aliphatic heterocycles. The fourth-order valence-electron chi connectivity index (χ4n) is 3.54. The average molecular weight is 396 g/mol. The Morgan fingerprint density at radius 3 is 2.55 bits per heavy atom. The molecule has 3 heterocycles. The first-order valence-corrected chi connectivity index (χ1v) is 9.73. The third-order valence-corrected chi connectivity index (χ3v) is 5.01. The number of piperazine rings is 1. The summed E-state index contributed by atoms with van der Waals surface area (Å²) < 4.78 is 17.6. The van der Waals surface area contributed by atoms with Gasteiger partial charge in [-0.25, -0.2) is 14.4 Å². The summed E-state index contributed by atoms with van der Waals surface area (Å²) in [5.74, 6) is 2.16. The van der Waals surface area contributed by atoms with Gasteiger partial charge in [-0.3, -0.25) is 4.90 Å². The van der Waals surface area contributed by atoms with E-state index in [1.54, 1.807) is 6.08 Å². The SMILES string of the molecule is NC1=NC(N2CCN(c3ccccn3)CC2)N(c2ccc(OCCF)cc2)C=C1. The predicted octanol–water partition coefficient (Wildman–Crippen LogP) is 2.23. The molecule has 2 N–H and O–H groups in total. The summed E-state index contributed by atoms with van der Waals surface area (Å²) >= 11 is 0. The van der Waals surface area contributed by atoms with Crippen LogP contribution >= 0.6 is 0 Å². The van der Waals surface area contributed by atoms with Gasteiger partial charge >= 0.3 is 0 Å². The van der Waals surface area contributed by atoms with E-state index >= 15 is 0 Å². The van der Waals surface area contributed by atoms with Gasteiger partial charge in [0.2, 0.25) is 0 Å². The largest absolute Gasteiger partial charge is 0.491 e. The van der Waals surface area contributed by atoms with E-state index in [1.807, 2.05) is 54.9 Å². The molecule has 1 fully saturated rings. The second-order valence-electron chi connectivity index (χ2n) is 6.87. The van der Waals surface area contributed by atoms with E-state index in [2.05, 4.69) is 24.7 Å². The van der Waals surface area contributed by atoms with E-state index in [-0.39, 0.29) is 12.9 Å². The van der Waals surface area contributed by atoms with Gasteiger partial charge in [-0.2, -0.15) is 0 Å². The number of aromatic nitrogens is 1. The molecule has 1 saturated heterocycles. The van der Waals surface area contributed by atoms with Crippen molar-refractivity contribution in [3.05, 3.63) is 60.9 Å². The van der Waals surface area contributed by atoms with Gasteiger partial charge in [0.25, 0.3) is 0 Å². The molecule has 152 valence electrons. The summed E-state index contributed by atoms with van der Waals surface area (Å²) in [7, 11) is 0. The number of rotatable bonds is 6. The van der Waals surface area contributed by atoms with Crippen LogP contribution in [0, 0.1) is 0 Å². The van der Waals surface area contributed by atoms with Crippen LogP contribution in [0.5, 0.6) is 5.75 Å². The molecule has 0 aliphatic carbocycles. The Bertz CT molecular complexity index is 849. The number of benzene rings is 1. The fraction of sp³-hybridized carbons (Fsp3) is 0.333. The zero-order valence-electron chi connectivity index (χ0n) is 16.2. The standard InChI is InChI=1S/C21H25FN6O/c22-9-16-29-18-6-4-17(5-7-18)28-11-8-19(23)25-21(28)27-14-12-26(13-15-27)20-3-1-2-10-24-20/h1-8,10-11,21H,9,12-16H2,(H2,23,25). The lowest BCUT2D eigenvalue weighted by Gasteiger charge is -2.42. The summed E-state index contributed by atoms with van der Waals surface area (Å²) in [4.78, 5) is 15.8. The zero-order chi connectivity index (χ0) is 20.1. The molecule has 4 rings (SSSR count). The highest BCUT2D eigenvalue weighted by Crippen LogP contribution is 2.26. The van der Waals surface area contributed by atoms with E-state index in [0.717, 1.165) is 37.7 Å². The number of anilines is 2. The first-order chi connectivity index (χ1) is 14.2. The molecule has 8 heteroatoms. The van der Waals surface area contributed by atoms with Gasteiger partial charge < -0.3 is 20.3 Å². The molecule has 2 aromatic rings. The van der Waals surface area contributed by atoms with Crippen molar-refractivity contribution in [3.8, 4) is 5.75 Å². The minimum absolute atomic E-state index is 0.0625. The molecular formula is C21H25FN6O. The summed E-state index contributed by atoms with van der Waals surface area (Å²) in [6.45, 7) is 3.00. The second-order valence-corrected chi connectivity index (χ2v) is 6.87. The Morgan fingerprint density at radius 1 is 1.07 bits per heavy atom. The van der Waals surface area contributed by atoms with Gasteiger partial charge in [-0.1, -0.05) is 6.07 Å². The molecule has 0 spiro atoms. The van der Waals surface area contributed by atoms with Gasteiger partial charge in [0.1, 0.15) is 30.7 Å². The van der Waals surface area contributed by atoms with Gasteiger partial charge in [0.15, 0.2) is 6.29 Å². The number of halogens is 1. The number of nitrogens with two attached hydrogens (primary N) is 1. The first kappa shape index (κ1) is 19.2. The van der Waals surface area contributed by atoms with Crippen molar-refractivity contribution < 1.29 is 9.13 Å². The number of hydrogen-bond donors (Lipinski definition) is 1. The molecule has 1 aromatic heterocycles. The van der Waals surface area contributed by atoms with Crippen molar-refractivity contribution in [1.82, 2.24) is 9.88 Å². The Balaban J connectivity index is 1.46. The maximum absolute atomic E-state index is 12.3. The molecular weight excluding hydrogens is 371 g/mol.